The molecule has 130 valence electrons. The average molecular weight is 330 g/mol. The van der Waals surface area contributed by atoms with Crippen molar-refractivity contribution in [2.24, 2.45) is 5.41 Å². The number of aliphatic carboxylic acids is 1. The predicted octanol–water partition coefficient (Wildman–Crippen LogP) is 2.32. The highest BCUT2D eigenvalue weighted by Crippen LogP contribution is 2.51. The minimum atomic E-state index is -0.928. The number of rotatable bonds is 4. The van der Waals surface area contributed by atoms with Crippen molar-refractivity contribution < 1.29 is 14.7 Å². The van der Waals surface area contributed by atoms with Crippen molar-refractivity contribution in [2.45, 2.75) is 37.6 Å². The molecule has 1 aromatic rings. The minimum Gasteiger partial charge on any atom is -0.480 e. The average Bonchev–Trinajstić information content (AvgIpc) is 2.84. The van der Waals surface area contributed by atoms with Crippen LogP contribution in [0.3, 0.4) is 0 Å². The fourth-order valence-electron chi connectivity index (χ4n) is 4.56. The maximum atomic E-state index is 12.2. The van der Waals surface area contributed by atoms with Crippen LogP contribution in [0.5, 0.6) is 0 Å². The van der Waals surface area contributed by atoms with Gasteiger partial charge in [0.2, 0.25) is 5.91 Å². The van der Waals surface area contributed by atoms with E-state index in [-0.39, 0.29) is 23.4 Å². The van der Waals surface area contributed by atoms with E-state index in [2.05, 4.69) is 43.3 Å². The fraction of sp³-hybridized carbons (Fsp3) is 0.579. The van der Waals surface area contributed by atoms with E-state index < -0.39 is 5.97 Å². The largest absolute Gasteiger partial charge is 0.480 e. The van der Waals surface area contributed by atoms with Gasteiger partial charge in [-0.15, -0.1) is 0 Å². The Kier molecular flexibility index (Phi) is 4.38. The molecule has 0 aromatic heterocycles. The van der Waals surface area contributed by atoms with Crippen LogP contribution in [-0.4, -0.2) is 54.0 Å². The van der Waals surface area contributed by atoms with Gasteiger partial charge in [0, 0.05) is 18.5 Å². The molecule has 0 radical (unpaired) electrons. The molecule has 0 unspecified atom stereocenters. The topological polar surface area (TPSA) is 60.9 Å². The lowest BCUT2D eigenvalue weighted by molar-refractivity contribution is -0.142. The van der Waals surface area contributed by atoms with Gasteiger partial charge in [-0.3, -0.25) is 14.5 Å². The smallest absolute Gasteiger partial charge is 0.323 e. The molecule has 3 rings (SSSR count). The van der Waals surface area contributed by atoms with Gasteiger partial charge >= 0.3 is 5.97 Å². The second-order valence-electron chi connectivity index (χ2n) is 7.61. The highest BCUT2D eigenvalue weighted by Gasteiger charge is 2.50. The molecule has 1 aliphatic carbocycles. The van der Waals surface area contributed by atoms with E-state index in [1.165, 1.54) is 10.5 Å². The molecule has 1 aromatic carbocycles. The molecule has 2 fully saturated rings. The Hall–Kier alpha value is -1.88. The molecule has 0 bridgehead atoms. The lowest BCUT2D eigenvalue weighted by Gasteiger charge is -2.48. The summed E-state index contributed by atoms with van der Waals surface area (Å²) in [6.45, 7) is 0.425. The highest BCUT2D eigenvalue weighted by molar-refractivity contribution is 5.83. The van der Waals surface area contributed by atoms with Crippen molar-refractivity contribution in [3.63, 3.8) is 0 Å². The number of nitrogens with zero attached hydrogens (tertiary/aromatic N) is 2. The van der Waals surface area contributed by atoms with Crippen molar-refractivity contribution in [2.75, 3.05) is 27.2 Å². The number of amides is 1. The molecule has 1 saturated carbocycles. The first-order valence-corrected chi connectivity index (χ1v) is 8.60. The van der Waals surface area contributed by atoms with Gasteiger partial charge in [-0.1, -0.05) is 30.3 Å². The molecular formula is C19H26N2O3. The van der Waals surface area contributed by atoms with Crippen LogP contribution in [0.25, 0.3) is 0 Å². The molecule has 5 heteroatoms. The van der Waals surface area contributed by atoms with E-state index >= 15 is 0 Å². The fourth-order valence-corrected chi connectivity index (χ4v) is 4.56. The van der Waals surface area contributed by atoms with E-state index in [0.29, 0.717) is 13.0 Å². The van der Waals surface area contributed by atoms with E-state index in [4.69, 9.17) is 5.11 Å². The van der Waals surface area contributed by atoms with Crippen LogP contribution in [0.15, 0.2) is 30.3 Å². The molecule has 1 spiro atoms. The van der Waals surface area contributed by atoms with E-state index in [9.17, 15) is 9.59 Å². The molecule has 1 saturated heterocycles. The number of carboxylic acids is 1. The number of carboxylic acid groups (broad SMARTS) is 1. The Labute approximate surface area is 143 Å². The summed E-state index contributed by atoms with van der Waals surface area (Å²) in [6.07, 6.45) is 4.42. The van der Waals surface area contributed by atoms with Gasteiger partial charge in [0.25, 0.3) is 0 Å². The van der Waals surface area contributed by atoms with Crippen LogP contribution in [0.2, 0.25) is 0 Å². The Balaban J connectivity index is 1.77. The molecule has 1 amide bonds. The molecule has 1 N–H and O–H groups in total. The lowest BCUT2D eigenvalue weighted by Crippen LogP contribution is -2.47. The number of benzene rings is 1. The monoisotopic (exact) mass is 330 g/mol. The zero-order chi connectivity index (χ0) is 17.4. The van der Waals surface area contributed by atoms with Gasteiger partial charge in [0.1, 0.15) is 6.54 Å². The summed E-state index contributed by atoms with van der Waals surface area (Å²) in [5, 5.41) is 8.98. The summed E-state index contributed by atoms with van der Waals surface area (Å²) in [6, 6.07) is 10.6. The van der Waals surface area contributed by atoms with Crippen molar-refractivity contribution in [1.29, 1.82) is 0 Å². The summed E-state index contributed by atoms with van der Waals surface area (Å²) in [4.78, 5) is 27.0. The molecular weight excluding hydrogens is 304 g/mol. The van der Waals surface area contributed by atoms with Crippen molar-refractivity contribution in [3.05, 3.63) is 35.9 Å². The summed E-state index contributed by atoms with van der Waals surface area (Å²) < 4.78 is 0. The van der Waals surface area contributed by atoms with Crippen LogP contribution in [0.1, 0.15) is 37.7 Å². The first-order valence-electron chi connectivity index (χ1n) is 8.60. The zero-order valence-electron chi connectivity index (χ0n) is 14.5. The van der Waals surface area contributed by atoms with Crippen molar-refractivity contribution in [1.82, 2.24) is 9.80 Å². The summed E-state index contributed by atoms with van der Waals surface area (Å²) >= 11 is 0. The second kappa shape index (κ2) is 6.20. The van der Waals surface area contributed by atoms with Crippen LogP contribution < -0.4 is 0 Å². The Bertz CT molecular complexity index is 619. The van der Waals surface area contributed by atoms with E-state index in [1.807, 2.05) is 6.07 Å². The van der Waals surface area contributed by atoms with Crippen LogP contribution >= 0.6 is 0 Å². The van der Waals surface area contributed by atoms with Crippen LogP contribution in [0.4, 0.5) is 0 Å². The molecule has 1 aliphatic heterocycles. The maximum absolute atomic E-state index is 12.2. The van der Waals surface area contributed by atoms with Crippen molar-refractivity contribution in [3.8, 4) is 0 Å². The third kappa shape index (κ3) is 2.93. The molecule has 2 aliphatic rings. The molecule has 5 nitrogen and oxygen atoms in total. The van der Waals surface area contributed by atoms with Crippen LogP contribution in [-0.2, 0) is 15.1 Å². The van der Waals surface area contributed by atoms with Gasteiger partial charge < -0.3 is 10.0 Å². The zero-order valence-corrected chi connectivity index (χ0v) is 14.5. The molecule has 0 atom stereocenters. The summed E-state index contributed by atoms with van der Waals surface area (Å²) in [7, 11) is 4.25. The standard InChI is InChI=1S/C19H26N2O3/c1-20(2)19(15-6-4-3-5-7-15)10-8-18(9-11-19)12-16(22)21(14-18)13-17(23)24/h3-7H,8-14H2,1-2H3,(H,23,24)/t18-,19-. The number of carbonyl (C=O) groups excluding carboxylic acids is 1. The summed E-state index contributed by atoms with van der Waals surface area (Å²) in [5.41, 5.74) is 1.30. The minimum absolute atomic E-state index is 0.00513. The third-order valence-corrected chi connectivity index (χ3v) is 6.04. The third-order valence-electron chi connectivity index (χ3n) is 6.04. The van der Waals surface area contributed by atoms with Gasteiger partial charge in [0.15, 0.2) is 0 Å². The maximum Gasteiger partial charge on any atom is 0.323 e. The molecule has 1 heterocycles. The Morgan fingerprint density at radius 2 is 1.79 bits per heavy atom. The van der Waals surface area contributed by atoms with Gasteiger partial charge in [-0.2, -0.15) is 0 Å². The van der Waals surface area contributed by atoms with E-state index in [0.717, 1.165) is 25.7 Å². The predicted molar refractivity (Wildman–Crippen MR) is 91.5 cm³/mol. The summed E-state index contributed by atoms with van der Waals surface area (Å²) in [5.74, 6) is -0.933. The SMILES string of the molecule is CN(C)[C@]1(c2ccccc2)CC[C@@]2(CC1)CC(=O)N(CC(=O)O)C2. The highest BCUT2D eigenvalue weighted by atomic mass is 16.4. The second-order valence-corrected chi connectivity index (χ2v) is 7.61. The van der Waals surface area contributed by atoms with Gasteiger partial charge in [-0.25, -0.2) is 0 Å². The molecule has 24 heavy (non-hydrogen) atoms. The van der Waals surface area contributed by atoms with Gasteiger partial charge in [0.05, 0.1) is 0 Å². The lowest BCUT2D eigenvalue weighted by atomic mass is 9.64. The van der Waals surface area contributed by atoms with Crippen LogP contribution in [0, 0.1) is 5.41 Å². The van der Waals surface area contributed by atoms with E-state index in [1.54, 1.807) is 0 Å². The Morgan fingerprint density at radius 3 is 2.33 bits per heavy atom. The Morgan fingerprint density at radius 1 is 1.17 bits per heavy atom. The van der Waals surface area contributed by atoms with Crippen molar-refractivity contribution >= 4 is 11.9 Å². The number of carbonyl (C=O) groups is 2. The van der Waals surface area contributed by atoms with Gasteiger partial charge in [-0.05, 0) is 50.8 Å². The number of likely N-dealkylation sites (tertiary alicyclic amines) is 1. The number of hydrogen-bond acceptors (Lipinski definition) is 3. The first-order chi connectivity index (χ1) is 11.4. The quantitative estimate of drug-likeness (QED) is 0.920. The first kappa shape index (κ1) is 17.0. The number of hydrogen-bond donors (Lipinski definition) is 1. The normalized spacial score (nSPS) is 30.3.